The second-order valence-corrected chi connectivity index (χ2v) is 5.22. The maximum Gasteiger partial charge on any atom is 0.161 e. The van der Waals surface area contributed by atoms with E-state index in [9.17, 15) is 0 Å². The SMILES string of the molecule is COc1ccc(CNCc2cc(C)ccc2C)cc1OC. The first-order valence-corrected chi connectivity index (χ1v) is 7.12. The Labute approximate surface area is 126 Å². The summed E-state index contributed by atoms with van der Waals surface area (Å²) in [4.78, 5) is 0. The Bertz CT molecular complexity index is 608. The van der Waals surface area contributed by atoms with Gasteiger partial charge in [-0.05, 0) is 42.7 Å². The zero-order valence-electron chi connectivity index (χ0n) is 13.2. The normalized spacial score (nSPS) is 10.5. The minimum absolute atomic E-state index is 0.760. The van der Waals surface area contributed by atoms with Crippen LogP contribution in [0.1, 0.15) is 22.3 Å². The topological polar surface area (TPSA) is 30.5 Å². The van der Waals surface area contributed by atoms with E-state index in [0.717, 1.165) is 24.6 Å². The van der Waals surface area contributed by atoms with Crippen molar-refractivity contribution in [3.8, 4) is 11.5 Å². The summed E-state index contributed by atoms with van der Waals surface area (Å²) in [5, 5.41) is 3.48. The van der Waals surface area contributed by atoms with Crippen molar-refractivity contribution in [2.75, 3.05) is 14.2 Å². The van der Waals surface area contributed by atoms with Crippen molar-refractivity contribution in [3.63, 3.8) is 0 Å². The van der Waals surface area contributed by atoms with Gasteiger partial charge in [-0.2, -0.15) is 0 Å². The zero-order chi connectivity index (χ0) is 15.2. The van der Waals surface area contributed by atoms with Gasteiger partial charge in [0.1, 0.15) is 0 Å². The summed E-state index contributed by atoms with van der Waals surface area (Å²) in [7, 11) is 3.31. The molecule has 0 saturated carbocycles. The maximum absolute atomic E-state index is 5.32. The molecular formula is C18H23NO2. The number of ether oxygens (including phenoxy) is 2. The van der Waals surface area contributed by atoms with Crippen LogP contribution < -0.4 is 14.8 Å². The number of aryl methyl sites for hydroxylation is 2. The summed E-state index contributed by atoms with van der Waals surface area (Å²) >= 11 is 0. The molecule has 0 radical (unpaired) electrons. The minimum atomic E-state index is 0.760. The fourth-order valence-electron chi connectivity index (χ4n) is 2.32. The smallest absolute Gasteiger partial charge is 0.161 e. The molecule has 3 heteroatoms. The van der Waals surface area contributed by atoms with E-state index in [1.165, 1.54) is 22.3 Å². The van der Waals surface area contributed by atoms with E-state index in [-0.39, 0.29) is 0 Å². The number of rotatable bonds is 6. The van der Waals surface area contributed by atoms with Crippen LogP contribution in [0.4, 0.5) is 0 Å². The largest absolute Gasteiger partial charge is 0.493 e. The summed E-state index contributed by atoms with van der Waals surface area (Å²) in [6.07, 6.45) is 0. The van der Waals surface area contributed by atoms with Crippen molar-refractivity contribution in [3.05, 3.63) is 58.7 Å². The Morgan fingerprint density at radius 3 is 2.33 bits per heavy atom. The molecule has 2 aromatic carbocycles. The number of hydrogen-bond donors (Lipinski definition) is 1. The van der Waals surface area contributed by atoms with Crippen molar-refractivity contribution in [2.24, 2.45) is 0 Å². The zero-order valence-corrected chi connectivity index (χ0v) is 13.2. The number of benzene rings is 2. The van der Waals surface area contributed by atoms with Gasteiger partial charge in [-0.1, -0.05) is 29.8 Å². The van der Waals surface area contributed by atoms with E-state index in [0.29, 0.717) is 0 Å². The fourth-order valence-corrected chi connectivity index (χ4v) is 2.32. The molecule has 0 aliphatic carbocycles. The lowest BCUT2D eigenvalue weighted by atomic mass is 10.1. The van der Waals surface area contributed by atoms with Crippen LogP contribution in [-0.2, 0) is 13.1 Å². The van der Waals surface area contributed by atoms with Crippen molar-refractivity contribution in [2.45, 2.75) is 26.9 Å². The highest BCUT2D eigenvalue weighted by Crippen LogP contribution is 2.27. The van der Waals surface area contributed by atoms with E-state index in [1.807, 2.05) is 12.1 Å². The summed E-state index contributed by atoms with van der Waals surface area (Å²) in [6, 6.07) is 12.5. The van der Waals surface area contributed by atoms with Gasteiger partial charge >= 0.3 is 0 Å². The Morgan fingerprint density at radius 2 is 1.62 bits per heavy atom. The van der Waals surface area contributed by atoms with Crippen molar-refractivity contribution >= 4 is 0 Å². The molecule has 3 nitrogen and oxygen atoms in total. The van der Waals surface area contributed by atoms with E-state index in [1.54, 1.807) is 14.2 Å². The summed E-state index contributed by atoms with van der Waals surface area (Å²) in [5.41, 5.74) is 5.14. The van der Waals surface area contributed by atoms with E-state index >= 15 is 0 Å². The molecule has 0 fully saturated rings. The standard InChI is InChI=1S/C18H23NO2/c1-13-5-6-14(2)16(9-13)12-19-11-15-7-8-17(20-3)18(10-15)21-4/h5-10,19H,11-12H2,1-4H3. The summed E-state index contributed by atoms with van der Waals surface area (Å²) in [6.45, 7) is 5.93. The van der Waals surface area contributed by atoms with Crippen molar-refractivity contribution in [1.82, 2.24) is 5.32 Å². The highest BCUT2D eigenvalue weighted by atomic mass is 16.5. The highest BCUT2D eigenvalue weighted by Gasteiger charge is 2.04. The number of hydrogen-bond acceptors (Lipinski definition) is 3. The lowest BCUT2D eigenvalue weighted by Gasteiger charge is -2.11. The molecule has 0 saturated heterocycles. The minimum Gasteiger partial charge on any atom is -0.493 e. The second kappa shape index (κ2) is 7.14. The molecule has 0 amide bonds. The van der Waals surface area contributed by atoms with Crippen LogP contribution in [-0.4, -0.2) is 14.2 Å². The van der Waals surface area contributed by atoms with Gasteiger partial charge in [0, 0.05) is 13.1 Å². The predicted molar refractivity (Wildman–Crippen MR) is 86.0 cm³/mol. The number of methoxy groups -OCH3 is 2. The average Bonchev–Trinajstić information content (AvgIpc) is 2.50. The number of nitrogens with one attached hydrogen (secondary N) is 1. The highest BCUT2D eigenvalue weighted by molar-refractivity contribution is 5.42. The molecule has 112 valence electrons. The van der Waals surface area contributed by atoms with Crippen LogP contribution in [0.3, 0.4) is 0 Å². The second-order valence-electron chi connectivity index (χ2n) is 5.22. The molecule has 0 heterocycles. The van der Waals surface area contributed by atoms with Gasteiger partial charge in [0.25, 0.3) is 0 Å². The van der Waals surface area contributed by atoms with Crippen molar-refractivity contribution < 1.29 is 9.47 Å². The van der Waals surface area contributed by atoms with Crippen LogP contribution in [0.5, 0.6) is 11.5 Å². The fraction of sp³-hybridized carbons (Fsp3) is 0.333. The Hall–Kier alpha value is -2.00. The lowest BCUT2D eigenvalue weighted by Crippen LogP contribution is -2.13. The molecule has 0 unspecified atom stereocenters. The molecule has 0 spiro atoms. The van der Waals surface area contributed by atoms with Gasteiger partial charge in [-0.3, -0.25) is 0 Å². The van der Waals surface area contributed by atoms with E-state index < -0.39 is 0 Å². The molecule has 2 aromatic rings. The van der Waals surface area contributed by atoms with Crippen LogP contribution in [0.25, 0.3) is 0 Å². The van der Waals surface area contributed by atoms with Gasteiger partial charge in [-0.25, -0.2) is 0 Å². The summed E-state index contributed by atoms with van der Waals surface area (Å²) in [5.74, 6) is 1.53. The first-order chi connectivity index (χ1) is 10.1. The van der Waals surface area contributed by atoms with Gasteiger partial charge in [-0.15, -0.1) is 0 Å². The monoisotopic (exact) mass is 285 g/mol. The maximum atomic E-state index is 5.32. The molecule has 0 aliphatic rings. The third-order valence-corrected chi connectivity index (χ3v) is 3.60. The Morgan fingerprint density at radius 1 is 0.857 bits per heavy atom. The summed E-state index contributed by atoms with van der Waals surface area (Å²) < 4.78 is 10.6. The lowest BCUT2D eigenvalue weighted by molar-refractivity contribution is 0.354. The Kier molecular flexibility index (Phi) is 5.23. The molecule has 21 heavy (non-hydrogen) atoms. The molecule has 0 aromatic heterocycles. The van der Waals surface area contributed by atoms with E-state index in [4.69, 9.17) is 9.47 Å². The molecule has 2 rings (SSSR count). The molecule has 0 atom stereocenters. The molecule has 0 aliphatic heterocycles. The van der Waals surface area contributed by atoms with Gasteiger partial charge in [0.15, 0.2) is 11.5 Å². The first kappa shape index (κ1) is 15.4. The third-order valence-electron chi connectivity index (χ3n) is 3.60. The molecular weight excluding hydrogens is 262 g/mol. The quantitative estimate of drug-likeness (QED) is 0.879. The van der Waals surface area contributed by atoms with Gasteiger partial charge in [0.2, 0.25) is 0 Å². The third kappa shape index (κ3) is 3.99. The average molecular weight is 285 g/mol. The molecule has 0 bridgehead atoms. The van der Waals surface area contributed by atoms with Gasteiger partial charge < -0.3 is 14.8 Å². The first-order valence-electron chi connectivity index (χ1n) is 7.12. The van der Waals surface area contributed by atoms with Gasteiger partial charge in [0.05, 0.1) is 14.2 Å². The van der Waals surface area contributed by atoms with Crippen LogP contribution in [0, 0.1) is 13.8 Å². The van der Waals surface area contributed by atoms with Crippen molar-refractivity contribution in [1.29, 1.82) is 0 Å². The Balaban J connectivity index is 1.98. The van der Waals surface area contributed by atoms with E-state index in [2.05, 4.69) is 43.4 Å². The van der Waals surface area contributed by atoms with Crippen LogP contribution >= 0.6 is 0 Å². The van der Waals surface area contributed by atoms with Crippen LogP contribution in [0.15, 0.2) is 36.4 Å². The van der Waals surface area contributed by atoms with Crippen LogP contribution in [0.2, 0.25) is 0 Å². The molecule has 1 N–H and O–H groups in total. The predicted octanol–water partition coefficient (Wildman–Crippen LogP) is 3.61.